The SMILES string of the molecule is [CH2]=[Bi][CH]=[CH][BiH]. The summed E-state index contributed by atoms with van der Waals surface area (Å²) < 4.78 is 8.26. The molecule has 0 fully saturated rings. The Labute approximate surface area is 58.5 Å². The zero-order valence-corrected chi connectivity index (χ0v) is 10.2. The van der Waals surface area contributed by atoms with Gasteiger partial charge in [0.05, 0.1) is 0 Å². The van der Waals surface area contributed by atoms with Crippen molar-refractivity contribution in [2.45, 2.75) is 0 Å². The first kappa shape index (κ1) is 6.38. The zero-order valence-electron chi connectivity index (χ0n) is 2.81. The summed E-state index contributed by atoms with van der Waals surface area (Å²) in [5.74, 6) is 0. The van der Waals surface area contributed by atoms with E-state index >= 15 is 0 Å². The van der Waals surface area contributed by atoms with E-state index in [2.05, 4.69) is 11.8 Å². The third kappa shape index (κ3) is 5.38. The summed E-state index contributed by atoms with van der Waals surface area (Å²) in [6.45, 7) is 0. The van der Waals surface area contributed by atoms with Crippen LogP contribution < -0.4 is 0 Å². The fourth-order valence-electron chi connectivity index (χ4n) is 0.0527. The molecule has 0 atom stereocenters. The van der Waals surface area contributed by atoms with Crippen LogP contribution in [-0.2, 0) is 0 Å². The molecular weight excluding hydrogens is 454 g/mol. The Hall–Kier alpha value is 1.38. The van der Waals surface area contributed by atoms with Crippen LogP contribution in [0.4, 0.5) is 0 Å². The Kier molecular flexibility index (Phi) is 6.86. The van der Waals surface area contributed by atoms with E-state index in [4.69, 9.17) is 0 Å². The first-order valence-electron chi connectivity index (χ1n) is 1.20. The van der Waals surface area contributed by atoms with Crippen LogP contribution in [0.15, 0.2) is 7.57 Å². The van der Waals surface area contributed by atoms with Crippen LogP contribution in [0.3, 0.4) is 0 Å². The van der Waals surface area contributed by atoms with Gasteiger partial charge in [-0.15, -0.1) is 0 Å². The topological polar surface area (TPSA) is 0 Å². The first-order chi connectivity index (χ1) is 2.41. The van der Waals surface area contributed by atoms with Crippen LogP contribution in [0.25, 0.3) is 0 Å². The van der Waals surface area contributed by atoms with Crippen molar-refractivity contribution in [3.63, 3.8) is 0 Å². The second kappa shape index (κ2) is 5.38. The van der Waals surface area contributed by atoms with E-state index in [0.717, 1.165) is 0 Å². The van der Waals surface area contributed by atoms with Gasteiger partial charge in [0, 0.05) is 0 Å². The normalized spacial score (nSPS) is 9.00. The Morgan fingerprint density at radius 3 is 2.40 bits per heavy atom. The summed E-state index contributed by atoms with van der Waals surface area (Å²) in [6, 6.07) is 0. The molecule has 0 heterocycles. The average Bonchev–Trinajstić information content (AvgIpc) is 1.41. The van der Waals surface area contributed by atoms with Crippen LogP contribution in [0.2, 0.25) is 0 Å². The first-order valence-corrected chi connectivity index (χ1v) is 7.91. The van der Waals surface area contributed by atoms with Crippen molar-refractivity contribution in [1.29, 1.82) is 0 Å². The molecule has 0 nitrogen and oxygen atoms in total. The monoisotopic (exact) mass is 459 g/mol. The van der Waals surface area contributed by atoms with Gasteiger partial charge in [0.1, 0.15) is 0 Å². The van der Waals surface area contributed by atoms with Crippen molar-refractivity contribution < 1.29 is 0 Å². The molecule has 0 rings (SSSR count). The fourth-order valence-corrected chi connectivity index (χ4v) is 4.06. The maximum atomic E-state index is 3.79. The van der Waals surface area contributed by atoms with Crippen LogP contribution in [-0.4, -0.2) is 51.7 Å². The minimum atomic E-state index is -0.261. The molecule has 0 amide bonds. The minimum absolute atomic E-state index is 0.261. The summed E-state index contributed by atoms with van der Waals surface area (Å²) in [5, 5.41) is 0. The molecule has 0 aliphatic carbocycles. The molecular formula is C3H5Bi2. The molecule has 0 aliphatic rings. The van der Waals surface area contributed by atoms with Gasteiger partial charge in [0.25, 0.3) is 0 Å². The van der Waals surface area contributed by atoms with Crippen molar-refractivity contribution in [1.82, 2.24) is 0 Å². The Morgan fingerprint density at radius 2 is 2.40 bits per heavy atom. The van der Waals surface area contributed by atoms with Crippen LogP contribution >= 0.6 is 0 Å². The molecule has 0 aromatic rings. The second-order valence-corrected chi connectivity index (χ2v) is 4.37. The second-order valence-electron chi connectivity index (χ2n) is 0.498. The quantitative estimate of drug-likeness (QED) is 0.465. The Balaban J connectivity index is 2.92. The van der Waals surface area contributed by atoms with Gasteiger partial charge in [-0.25, -0.2) is 0 Å². The van der Waals surface area contributed by atoms with Gasteiger partial charge < -0.3 is 0 Å². The van der Waals surface area contributed by atoms with Gasteiger partial charge in [-0.3, -0.25) is 0 Å². The summed E-state index contributed by atoms with van der Waals surface area (Å²) in [5.41, 5.74) is 0. The van der Waals surface area contributed by atoms with Gasteiger partial charge in [-0.05, 0) is 0 Å². The van der Waals surface area contributed by atoms with Crippen LogP contribution in [0.1, 0.15) is 0 Å². The van der Waals surface area contributed by atoms with E-state index in [-0.39, 0.29) is 22.8 Å². The van der Waals surface area contributed by atoms with Crippen molar-refractivity contribution in [3.8, 4) is 0 Å². The molecule has 0 aromatic heterocycles. The average molecular weight is 459 g/mol. The summed E-state index contributed by atoms with van der Waals surface area (Å²) in [7, 11) is 0. The summed E-state index contributed by atoms with van der Waals surface area (Å²) >= 11 is 0.962. The van der Waals surface area contributed by atoms with E-state index in [1.165, 1.54) is 24.7 Å². The van der Waals surface area contributed by atoms with Gasteiger partial charge in [-0.1, -0.05) is 0 Å². The molecule has 1 radical (unpaired) electrons. The van der Waals surface area contributed by atoms with Crippen molar-refractivity contribution in [3.05, 3.63) is 7.57 Å². The summed E-state index contributed by atoms with van der Waals surface area (Å²) in [4.78, 5) is 0. The van der Waals surface area contributed by atoms with E-state index in [0.29, 0.717) is 0 Å². The molecule has 0 saturated heterocycles. The Bertz CT molecular complexity index is 46.9. The van der Waals surface area contributed by atoms with Crippen molar-refractivity contribution in [2.24, 2.45) is 0 Å². The van der Waals surface area contributed by atoms with Gasteiger partial charge >= 0.3 is 59.2 Å². The van der Waals surface area contributed by atoms with Crippen molar-refractivity contribution in [2.75, 3.05) is 0 Å². The molecule has 0 aromatic carbocycles. The number of rotatable bonds is 1. The van der Waals surface area contributed by atoms with Gasteiger partial charge in [-0.2, -0.15) is 0 Å². The Morgan fingerprint density at radius 1 is 1.80 bits per heavy atom. The van der Waals surface area contributed by atoms with E-state index in [1.54, 1.807) is 0 Å². The molecule has 0 bridgehead atoms. The number of hydrogen-bond donors (Lipinski definition) is 0. The molecule has 27 valence electrons. The molecule has 0 aliphatic heterocycles. The standard InChI is InChI=1S/C2H2.CH2.2Bi.H/c1-2;;;;/h1-2H;1H2;;;. The van der Waals surface area contributed by atoms with E-state index in [1.807, 2.05) is 0 Å². The van der Waals surface area contributed by atoms with E-state index in [9.17, 15) is 0 Å². The molecule has 5 heavy (non-hydrogen) atoms. The third-order valence-electron chi connectivity index (χ3n) is 0.180. The zero-order chi connectivity index (χ0) is 4.12. The van der Waals surface area contributed by atoms with Gasteiger partial charge in [0.15, 0.2) is 0 Å². The summed E-state index contributed by atoms with van der Waals surface area (Å²) in [6.07, 6.45) is 0. The molecule has 0 spiro atoms. The van der Waals surface area contributed by atoms with Crippen LogP contribution in [0, 0.1) is 0 Å². The maximum absolute atomic E-state index is 3.79. The van der Waals surface area contributed by atoms with E-state index < -0.39 is 0 Å². The number of hydrogen-bond acceptors (Lipinski definition) is 0. The molecule has 0 saturated carbocycles. The fraction of sp³-hybridized carbons (Fsp3) is 0. The molecule has 0 unspecified atom stereocenters. The van der Waals surface area contributed by atoms with Crippen LogP contribution in [0.5, 0.6) is 0 Å². The predicted molar refractivity (Wildman–Crippen MR) is 29.2 cm³/mol. The molecule has 2 heteroatoms. The third-order valence-corrected chi connectivity index (χ3v) is 6.66. The molecule has 0 N–H and O–H groups in total. The van der Waals surface area contributed by atoms with Gasteiger partial charge in [0.2, 0.25) is 0 Å². The van der Waals surface area contributed by atoms with Crippen molar-refractivity contribution >= 4 is 51.7 Å². The predicted octanol–water partition coefficient (Wildman–Crippen LogP) is -0.505.